The number of nitrogens with two attached hydrogens (primary N) is 1. The van der Waals surface area contributed by atoms with E-state index in [1.165, 1.54) is 0 Å². The zero-order valence-corrected chi connectivity index (χ0v) is 12.1. The van der Waals surface area contributed by atoms with Crippen LogP contribution in [0.2, 0.25) is 0 Å². The molecule has 2 N–H and O–H groups in total. The molecule has 1 aromatic heterocycles. The molecule has 18 heavy (non-hydrogen) atoms. The molecule has 0 saturated carbocycles. The zero-order chi connectivity index (χ0) is 13.5. The molecule has 0 aromatic carbocycles. The van der Waals surface area contributed by atoms with Crippen LogP contribution in [0.1, 0.15) is 25.2 Å². The van der Waals surface area contributed by atoms with Crippen LogP contribution in [-0.2, 0) is 13.1 Å². The second-order valence-corrected chi connectivity index (χ2v) is 5.51. The van der Waals surface area contributed by atoms with Gasteiger partial charge in [0.05, 0.1) is 12.8 Å². The first-order valence-corrected chi connectivity index (χ1v) is 6.65. The highest BCUT2D eigenvalue weighted by Crippen LogP contribution is 2.13. The predicted octanol–water partition coefficient (Wildman–Crippen LogP) is 1.76. The third-order valence-electron chi connectivity index (χ3n) is 2.91. The van der Waals surface area contributed by atoms with Crippen molar-refractivity contribution < 1.29 is 4.42 Å². The Kier molecular flexibility index (Phi) is 6.39. The van der Waals surface area contributed by atoms with Gasteiger partial charge in [0.2, 0.25) is 0 Å². The van der Waals surface area contributed by atoms with Crippen molar-refractivity contribution in [1.29, 1.82) is 0 Å². The molecule has 0 radical (unpaired) electrons. The van der Waals surface area contributed by atoms with Crippen LogP contribution in [0.25, 0.3) is 0 Å². The standard InChI is InChI=1S/C14H27N3O/c1-12(2)10-17(7-6-16(3)4)11-14-13(9-15)5-8-18-14/h5,8,12H,6-7,9-11,15H2,1-4H3. The lowest BCUT2D eigenvalue weighted by molar-refractivity contribution is 0.197. The van der Waals surface area contributed by atoms with Crippen LogP contribution in [-0.4, -0.2) is 43.5 Å². The molecule has 1 aromatic rings. The van der Waals surface area contributed by atoms with Gasteiger partial charge in [0.1, 0.15) is 5.76 Å². The summed E-state index contributed by atoms with van der Waals surface area (Å²) < 4.78 is 5.54. The summed E-state index contributed by atoms with van der Waals surface area (Å²) in [7, 11) is 4.21. The Labute approximate surface area is 111 Å². The van der Waals surface area contributed by atoms with E-state index >= 15 is 0 Å². The van der Waals surface area contributed by atoms with Crippen LogP contribution in [0.3, 0.4) is 0 Å². The zero-order valence-electron chi connectivity index (χ0n) is 12.1. The van der Waals surface area contributed by atoms with Crippen LogP contribution in [0.5, 0.6) is 0 Å². The molecule has 0 amide bonds. The van der Waals surface area contributed by atoms with Gasteiger partial charge in [0.25, 0.3) is 0 Å². The fourth-order valence-electron chi connectivity index (χ4n) is 1.98. The van der Waals surface area contributed by atoms with Crippen molar-refractivity contribution >= 4 is 0 Å². The van der Waals surface area contributed by atoms with Gasteiger partial charge in [-0.1, -0.05) is 13.8 Å². The van der Waals surface area contributed by atoms with Crippen molar-refractivity contribution in [2.75, 3.05) is 33.7 Å². The van der Waals surface area contributed by atoms with Crippen molar-refractivity contribution in [3.8, 4) is 0 Å². The molecule has 0 fully saturated rings. The molecule has 4 nitrogen and oxygen atoms in total. The Morgan fingerprint density at radius 3 is 2.56 bits per heavy atom. The predicted molar refractivity (Wildman–Crippen MR) is 75.3 cm³/mol. The fraction of sp³-hybridized carbons (Fsp3) is 0.714. The van der Waals surface area contributed by atoms with Crippen molar-refractivity contribution in [2.45, 2.75) is 26.9 Å². The Bertz CT molecular complexity index is 334. The lowest BCUT2D eigenvalue weighted by atomic mass is 10.2. The SMILES string of the molecule is CC(C)CN(CCN(C)C)Cc1occc1CN. The number of hydrogen-bond donors (Lipinski definition) is 1. The van der Waals surface area contributed by atoms with E-state index in [-0.39, 0.29) is 0 Å². The number of hydrogen-bond acceptors (Lipinski definition) is 4. The largest absolute Gasteiger partial charge is 0.468 e. The number of furan rings is 1. The highest BCUT2D eigenvalue weighted by molar-refractivity contribution is 5.16. The van der Waals surface area contributed by atoms with E-state index in [1.54, 1.807) is 6.26 Å². The average Bonchev–Trinajstić information content (AvgIpc) is 2.72. The van der Waals surface area contributed by atoms with Gasteiger partial charge < -0.3 is 15.1 Å². The first kappa shape index (κ1) is 15.2. The van der Waals surface area contributed by atoms with E-state index in [1.807, 2.05) is 6.07 Å². The lowest BCUT2D eigenvalue weighted by Gasteiger charge is -2.25. The average molecular weight is 253 g/mol. The highest BCUT2D eigenvalue weighted by atomic mass is 16.3. The molecule has 0 spiro atoms. The van der Waals surface area contributed by atoms with Crippen molar-refractivity contribution in [3.63, 3.8) is 0 Å². The first-order valence-electron chi connectivity index (χ1n) is 6.65. The maximum absolute atomic E-state index is 5.71. The smallest absolute Gasteiger partial charge is 0.122 e. The van der Waals surface area contributed by atoms with Crippen LogP contribution in [0.15, 0.2) is 16.7 Å². The first-order chi connectivity index (χ1) is 8.52. The van der Waals surface area contributed by atoms with Gasteiger partial charge in [-0.3, -0.25) is 4.90 Å². The Morgan fingerprint density at radius 1 is 1.28 bits per heavy atom. The third kappa shape index (κ3) is 5.21. The van der Waals surface area contributed by atoms with Gasteiger partial charge in [-0.15, -0.1) is 0 Å². The van der Waals surface area contributed by atoms with E-state index in [0.717, 1.165) is 37.5 Å². The van der Waals surface area contributed by atoms with Gasteiger partial charge >= 0.3 is 0 Å². The Morgan fingerprint density at radius 2 is 2.00 bits per heavy atom. The maximum Gasteiger partial charge on any atom is 0.122 e. The summed E-state index contributed by atoms with van der Waals surface area (Å²) in [5, 5.41) is 0. The van der Waals surface area contributed by atoms with Crippen LogP contribution in [0, 0.1) is 5.92 Å². The molecule has 4 heteroatoms. The Balaban J connectivity index is 2.59. The molecule has 0 saturated heterocycles. The summed E-state index contributed by atoms with van der Waals surface area (Å²) in [6, 6.07) is 1.97. The molecular formula is C14H27N3O. The summed E-state index contributed by atoms with van der Waals surface area (Å²) in [4.78, 5) is 4.64. The summed E-state index contributed by atoms with van der Waals surface area (Å²) in [6.45, 7) is 9.09. The second-order valence-electron chi connectivity index (χ2n) is 5.51. The summed E-state index contributed by atoms with van der Waals surface area (Å²) in [6.07, 6.45) is 1.73. The number of rotatable bonds is 8. The summed E-state index contributed by atoms with van der Waals surface area (Å²) >= 11 is 0. The molecule has 104 valence electrons. The molecule has 0 aliphatic heterocycles. The van der Waals surface area contributed by atoms with Crippen LogP contribution in [0.4, 0.5) is 0 Å². The number of likely N-dealkylation sites (N-methyl/N-ethyl adjacent to an activating group) is 1. The normalized spacial score (nSPS) is 12.0. The highest BCUT2D eigenvalue weighted by Gasteiger charge is 2.13. The molecular weight excluding hydrogens is 226 g/mol. The van der Waals surface area contributed by atoms with Crippen molar-refractivity contribution in [1.82, 2.24) is 9.80 Å². The van der Waals surface area contributed by atoms with E-state index in [2.05, 4.69) is 37.7 Å². The minimum absolute atomic E-state index is 0.551. The van der Waals surface area contributed by atoms with Gasteiger partial charge in [0.15, 0.2) is 0 Å². The van der Waals surface area contributed by atoms with E-state index < -0.39 is 0 Å². The number of nitrogens with zero attached hydrogens (tertiary/aromatic N) is 2. The second kappa shape index (κ2) is 7.56. The molecule has 0 aliphatic carbocycles. The quantitative estimate of drug-likeness (QED) is 0.767. The van der Waals surface area contributed by atoms with Gasteiger partial charge in [-0.05, 0) is 26.1 Å². The van der Waals surface area contributed by atoms with Gasteiger partial charge in [-0.2, -0.15) is 0 Å². The molecule has 0 aliphatic rings. The summed E-state index contributed by atoms with van der Waals surface area (Å²) in [5.74, 6) is 1.67. The van der Waals surface area contributed by atoms with Gasteiger partial charge in [-0.25, -0.2) is 0 Å². The third-order valence-corrected chi connectivity index (χ3v) is 2.91. The molecule has 0 unspecified atom stereocenters. The van der Waals surface area contributed by atoms with Crippen LogP contribution >= 0.6 is 0 Å². The maximum atomic E-state index is 5.71. The lowest BCUT2D eigenvalue weighted by Crippen LogP contribution is -2.34. The van der Waals surface area contributed by atoms with Gasteiger partial charge in [0, 0.05) is 31.7 Å². The fourth-order valence-corrected chi connectivity index (χ4v) is 1.98. The molecule has 0 bridgehead atoms. The van der Waals surface area contributed by atoms with Crippen molar-refractivity contribution in [2.24, 2.45) is 11.7 Å². The minimum atomic E-state index is 0.551. The van der Waals surface area contributed by atoms with Crippen molar-refractivity contribution in [3.05, 3.63) is 23.7 Å². The molecule has 1 rings (SSSR count). The van der Waals surface area contributed by atoms with Crippen LogP contribution < -0.4 is 5.73 Å². The van der Waals surface area contributed by atoms with E-state index in [0.29, 0.717) is 12.5 Å². The minimum Gasteiger partial charge on any atom is -0.468 e. The van der Waals surface area contributed by atoms with E-state index in [4.69, 9.17) is 10.2 Å². The Hall–Kier alpha value is -0.840. The monoisotopic (exact) mass is 253 g/mol. The topological polar surface area (TPSA) is 45.6 Å². The molecule has 1 heterocycles. The molecule has 0 atom stereocenters. The summed E-state index contributed by atoms with van der Waals surface area (Å²) in [5.41, 5.74) is 6.83. The van der Waals surface area contributed by atoms with E-state index in [9.17, 15) is 0 Å².